The highest BCUT2D eigenvalue weighted by atomic mass is 16.3. The van der Waals surface area contributed by atoms with E-state index in [9.17, 15) is 14.7 Å². The van der Waals surface area contributed by atoms with Crippen LogP contribution >= 0.6 is 0 Å². The summed E-state index contributed by atoms with van der Waals surface area (Å²) in [4.78, 5) is 23.5. The molecule has 1 aromatic heterocycles. The second-order valence-electron chi connectivity index (χ2n) is 4.84. The Labute approximate surface area is 100 Å². The molecule has 0 aliphatic heterocycles. The molecule has 1 rings (SSSR count). The number of rotatable bonds is 5. The van der Waals surface area contributed by atoms with Gasteiger partial charge in [-0.15, -0.1) is 0 Å². The van der Waals surface area contributed by atoms with Crippen molar-refractivity contribution in [2.24, 2.45) is 0 Å². The molecule has 0 radical (unpaired) electrons. The van der Waals surface area contributed by atoms with Crippen LogP contribution in [0.2, 0.25) is 0 Å². The lowest BCUT2D eigenvalue weighted by molar-refractivity contribution is 0.0654. The summed E-state index contributed by atoms with van der Waals surface area (Å²) in [5.41, 5.74) is -1.49. The van der Waals surface area contributed by atoms with Crippen molar-refractivity contribution in [3.63, 3.8) is 0 Å². The van der Waals surface area contributed by atoms with E-state index < -0.39 is 5.60 Å². The first kappa shape index (κ1) is 13.7. The molecule has 17 heavy (non-hydrogen) atoms. The minimum absolute atomic E-state index is 0.242. The van der Waals surface area contributed by atoms with E-state index in [4.69, 9.17) is 0 Å². The van der Waals surface area contributed by atoms with E-state index in [1.165, 1.54) is 21.4 Å². The summed E-state index contributed by atoms with van der Waals surface area (Å²) >= 11 is 0. The Morgan fingerprint density at radius 2 is 1.94 bits per heavy atom. The van der Waals surface area contributed by atoms with Gasteiger partial charge in [0.2, 0.25) is 0 Å². The first-order chi connectivity index (χ1) is 7.85. The number of hydrogen-bond acceptors (Lipinski definition) is 3. The Hall–Kier alpha value is -1.36. The van der Waals surface area contributed by atoms with E-state index in [1.54, 1.807) is 13.8 Å². The van der Waals surface area contributed by atoms with E-state index in [2.05, 4.69) is 0 Å². The molecule has 0 aliphatic carbocycles. The molecular formula is C12H20N2O3. The monoisotopic (exact) mass is 240 g/mol. The predicted molar refractivity (Wildman–Crippen MR) is 66.2 cm³/mol. The van der Waals surface area contributed by atoms with Crippen LogP contribution in [0.1, 0.15) is 33.6 Å². The van der Waals surface area contributed by atoms with Gasteiger partial charge in [-0.25, -0.2) is 4.79 Å². The third-order valence-corrected chi connectivity index (χ3v) is 2.55. The van der Waals surface area contributed by atoms with E-state index in [1.807, 2.05) is 6.92 Å². The molecule has 1 aromatic rings. The van der Waals surface area contributed by atoms with Crippen LogP contribution in [-0.2, 0) is 13.1 Å². The summed E-state index contributed by atoms with van der Waals surface area (Å²) in [5, 5.41) is 9.61. The Morgan fingerprint density at radius 1 is 1.29 bits per heavy atom. The van der Waals surface area contributed by atoms with Crippen molar-refractivity contribution in [3.8, 4) is 0 Å². The highest BCUT2D eigenvalue weighted by Gasteiger charge is 2.14. The third kappa shape index (κ3) is 3.85. The number of nitrogens with zero attached hydrogens (tertiary/aromatic N) is 2. The average Bonchev–Trinajstić information content (AvgIpc) is 2.21. The fraction of sp³-hybridized carbons (Fsp3) is 0.667. The predicted octanol–water partition coefficient (Wildman–Crippen LogP) is 0.581. The van der Waals surface area contributed by atoms with Crippen molar-refractivity contribution in [3.05, 3.63) is 33.1 Å². The lowest BCUT2D eigenvalue weighted by Crippen LogP contribution is -2.40. The van der Waals surface area contributed by atoms with Crippen molar-refractivity contribution in [2.75, 3.05) is 0 Å². The van der Waals surface area contributed by atoms with Gasteiger partial charge in [0.1, 0.15) is 0 Å². The van der Waals surface area contributed by atoms with Crippen molar-refractivity contribution < 1.29 is 5.11 Å². The maximum Gasteiger partial charge on any atom is 0.330 e. The molecule has 0 aromatic carbocycles. The second kappa shape index (κ2) is 5.31. The molecule has 0 unspecified atom stereocenters. The lowest BCUT2D eigenvalue weighted by Gasteiger charge is -2.17. The molecule has 0 bridgehead atoms. The SMILES string of the molecule is CCCn1ccc(=O)n(CCC(C)(C)O)c1=O. The summed E-state index contributed by atoms with van der Waals surface area (Å²) < 4.78 is 2.69. The maximum atomic E-state index is 11.9. The van der Waals surface area contributed by atoms with Crippen LogP contribution in [0.3, 0.4) is 0 Å². The van der Waals surface area contributed by atoms with Gasteiger partial charge in [0.15, 0.2) is 0 Å². The van der Waals surface area contributed by atoms with E-state index in [0.29, 0.717) is 13.0 Å². The molecule has 0 saturated carbocycles. The zero-order valence-electron chi connectivity index (χ0n) is 10.6. The molecule has 0 atom stereocenters. The van der Waals surface area contributed by atoms with Gasteiger partial charge in [0.05, 0.1) is 5.60 Å². The second-order valence-corrected chi connectivity index (χ2v) is 4.84. The Balaban J connectivity index is 3.02. The molecule has 5 nitrogen and oxygen atoms in total. The zero-order valence-corrected chi connectivity index (χ0v) is 10.6. The molecule has 0 saturated heterocycles. The molecular weight excluding hydrogens is 220 g/mol. The quantitative estimate of drug-likeness (QED) is 0.819. The van der Waals surface area contributed by atoms with Crippen molar-refractivity contribution in [2.45, 2.75) is 52.3 Å². The van der Waals surface area contributed by atoms with Crippen molar-refractivity contribution in [1.29, 1.82) is 0 Å². The first-order valence-corrected chi connectivity index (χ1v) is 5.88. The minimum atomic E-state index is -0.878. The van der Waals surface area contributed by atoms with Crippen LogP contribution < -0.4 is 11.2 Å². The van der Waals surface area contributed by atoms with Crippen LogP contribution in [0, 0.1) is 0 Å². The fourth-order valence-corrected chi connectivity index (χ4v) is 1.56. The molecule has 5 heteroatoms. The van der Waals surface area contributed by atoms with E-state index >= 15 is 0 Å². The minimum Gasteiger partial charge on any atom is -0.390 e. The summed E-state index contributed by atoms with van der Waals surface area (Å²) in [6.07, 6.45) is 2.73. The van der Waals surface area contributed by atoms with Crippen LogP contribution in [-0.4, -0.2) is 19.8 Å². The summed E-state index contributed by atoms with van der Waals surface area (Å²) in [6, 6.07) is 1.39. The molecule has 96 valence electrons. The van der Waals surface area contributed by atoms with Gasteiger partial charge in [-0.05, 0) is 26.7 Å². The van der Waals surface area contributed by atoms with Gasteiger partial charge >= 0.3 is 5.69 Å². The Bertz CT molecular complexity index is 480. The maximum absolute atomic E-state index is 11.9. The molecule has 1 N–H and O–H groups in total. The van der Waals surface area contributed by atoms with E-state index in [-0.39, 0.29) is 17.8 Å². The van der Waals surface area contributed by atoms with Gasteiger partial charge in [-0.3, -0.25) is 9.36 Å². The van der Waals surface area contributed by atoms with Crippen molar-refractivity contribution >= 4 is 0 Å². The number of aliphatic hydroxyl groups is 1. The number of aromatic nitrogens is 2. The smallest absolute Gasteiger partial charge is 0.330 e. The number of hydrogen-bond donors (Lipinski definition) is 1. The average molecular weight is 240 g/mol. The molecule has 0 amide bonds. The third-order valence-electron chi connectivity index (χ3n) is 2.55. The standard InChI is InChI=1S/C12H20N2O3/c1-4-7-13-8-5-10(15)14(11(13)16)9-6-12(2,3)17/h5,8,17H,4,6-7,9H2,1-3H3. The van der Waals surface area contributed by atoms with Crippen molar-refractivity contribution in [1.82, 2.24) is 9.13 Å². The Kier molecular flexibility index (Phi) is 4.28. The number of aryl methyl sites for hydroxylation is 1. The van der Waals surface area contributed by atoms with Crippen LogP contribution in [0.25, 0.3) is 0 Å². The van der Waals surface area contributed by atoms with Gasteiger partial charge < -0.3 is 9.67 Å². The van der Waals surface area contributed by atoms with Crippen LogP contribution in [0.5, 0.6) is 0 Å². The topological polar surface area (TPSA) is 64.2 Å². The molecule has 1 heterocycles. The normalized spacial score (nSPS) is 11.8. The van der Waals surface area contributed by atoms with Gasteiger partial charge in [-0.2, -0.15) is 0 Å². The highest BCUT2D eigenvalue weighted by molar-refractivity contribution is 4.86. The Morgan fingerprint density at radius 3 is 2.47 bits per heavy atom. The molecule has 0 spiro atoms. The molecule has 0 fully saturated rings. The van der Waals surface area contributed by atoms with E-state index in [0.717, 1.165) is 6.42 Å². The first-order valence-electron chi connectivity index (χ1n) is 5.88. The highest BCUT2D eigenvalue weighted by Crippen LogP contribution is 2.06. The van der Waals surface area contributed by atoms with Gasteiger partial charge in [0.25, 0.3) is 5.56 Å². The zero-order chi connectivity index (χ0) is 13.1. The summed E-state index contributed by atoms with van der Waals surface area (Å²) in [6.45, 7) is 6.13. The van der Waals surface area contributed by atoms with Gasteiger partial charge in [0, 0.05) is 25.4 Å². The fourth-order valence-electron chi connectivity index (χ4n) is 1.56. The van der Waals surface area contributed by atoms with Crippen LogP contribution in [0.15, 0.2) is 21.9 Å². The van der Waals surface area contributed by atoms with Crippen LogP contribution in [0.4, 0.5) is 0 Å². The van der Waals surface area contributed by atoms with Gasteiger partial charge in [-0.1, -0.05) is 6.92 Å². The summed E-state index contributed by atoms with van der Waals surface area (Å²) in [7, 11) is 0. The summed E-state index contributed by atoms with van der Waals surface area (Å²) in [5.74, 6) is 0. The largest absolute Gasteiger partial charge is 0.390 e. The lowest BCUT2D eigenvalue weighted by atomic mass is 10.1. The molecule has 0 aliphatic rings.